The Hall–Kier alpha value is -2.58. The topological polar surface area (TPSA) is 43.9 Å². The summed E-state index contributed by atoms with van der Waals surface area (Å²) in [6.45, 7) is 5.10. The van der Waals surface area contributed by atoms with E-state index < -0.39 is 0 Å². The van der Waals surface area contributed by atoms with Gasteiger partial charge in [0.25, 0.3) is 0 Å². The highest BCUT2D eigenvalue weighted by Crippen LogP contribution is 2.40. The summed E-state index contributed by atoms with van der Waals surface area (Å²) < 4.78 is 20.6. The molecule has 1 atom stereocenters. The number of thiazole rings is 1. The summed E-state index contributed by atoms with van der Waals surface area (Å²) in [5, 5.41) is 4.27. The Morgan fingerprint density at radius 2 is 2.07 bits per heavy atom. The molecule has 6 rings (SSSR count). The number of dihydropyridines is 1. The van der Waals surface area contributed by atoms with Gasteiger partial charge in [0.2, 0.25) is 0 Å². The molecule has 1 fully saturated rings. The van der Waals surface area contributed by atoms with Crippen LogP contribution in [0.15, 0.2) is 53.1 Å². The number of hydrogen-bond donors (Lipinski definition) is 1. The number of nitrogens with one attached hydrogen (secondary N) is 1. The first-order valence-corrected chi connectivity index (χ1v) is 11.3. The van der Waals surface area contributed by atoms with Crippen LogP contribution in [0.1, 0.15) is 6.42 Å². The monoisotopic (exact) mass is 425 g/mol. The predicted octanol–water partition coefficient (Wildman–Crippen LogP) is 3.21. The lowest BCUT2D eigenvalue weighted by molar-refractivity contribution is 0.122. The highest BCUT2D eigenvalue weighted by molar-refractivity contribution is 7.22. The van der Waals surface area contributed by atoms with Crippen molar-refractivity contribution in [3.05, 3.63) is 53.1 Å². The molecule has 2 aromatic rings. The molecule has 0 bridgehead atoms. The Morgan fingerprint density at radius 3 is 2.93 bits per heavy atom. The van der Waals surface area contributed by atoms with Crippen LogP contribution in [-0.2, 0) is 4.74 Å². The van der Waals surface area contributed by atoms with Crippen LogP contribution in [0, 0.1) is 0 Å². The molecule has 6 nitrogen and oxygen atoms in total. The summed E-state index contributed by atoms with van der Waals surface area (Å²) in [5.41, 5.74) is 5.90. The third kappa shape index (κ3) is 2.89. The largest absolute Gasteiger partial charge is 0.378 e. The van der Waals surface area contributed by atoms with Crippen LogP contribution in [0.25, 0.3) is 10.2 Å². The average Bonchev–Trinajstić information content (AvgIpc) is 3.33. The second-order valence-corrected chi connectivity index (χ2v) is 9.16. The second kappa shape index (κ2) is 6.99. The van der Waals surface area contributed by atoms with Gasteiger partial charge < -0.3 is 24.8 Å². The molecule has 5 heterocycles. The van der Waals surface area contributed by atoms with E-state index in [-0.39, 0.29) is 12.0 Å². The smallest absolute Gasteiger partial charge is 0.186 e. The fourth-order valence-electron chi connectivity index (χ4n) is 4.85. The molecule has 0 aliphatic carbocycles. The Morgan fingerprint density at radius 1 is 1.20 bits per heavy atom. The number of halogens is 1. The molecular weight excluding hydrogens is 401 g/mol. The number of morpholine rings is 1. The number of ether oxygens (including phenoxy) is 1. The van der Waals surface area contributed by atoms with Gasteiger partial charge in [0, 0.05) is 62.8 Å². The minimum atomic E-state index is -0.206. The van der Waals surface area contributed by atoms with Crippen molar-refractivity contribution >= 4 is 32.4 Å². The molecule has 1 N–H and O–H groups in total. The van der Waals surface area contributed by atoms with Gasteiger partial charge in [0.15, 0.2) is 5.13 Å². The van der Waals surface area contributed by atoms with E-state index in [0.717, 1.165) is 62.0 Å². The number of aromatic nitrogens is 1. The van der Waals surface area contributed by atoms with Crippen LogP contribution >= 0.6 is 11.3 Å². The van der Waals surface area contributed by atoms with E-state index >= 15 is 0 Å². The van der Waals surface area contributed by atoms with Crippen LogP contribution in [0.4, 0.5) is 15.2 Å². The summed E-state index contributed by atoms with van der Waals surface area (Å²) in [6.07, 6.45) is 4.16. The fraction of sp³-hybridized carbons (Fsp3) is 0.409. The zero-order chi connectivity index (χ0) is 20.2. The van der Waals surface area contributed by atoms with Crippen molar-refractivity contribution < 1.29 is 9.13 Å². The van der Waals surface area contributed by atoms with Crippen molar-refractivity contribution in [2.75, 3.05) is 56.2 Å². The maximum atomic E-state index is 13.9. The first-order chi connectivity index (χ1) is 14.7. The SMILES string of the molecule is CN1C2=C(CN(c3ccc4nc(N5CCOCC5)sc4c3)CC2)C2=CC(F)=CNC21. The molecule has 1 aromatic heterocycles. The van der Waals surface area contributed by atoms with Gasteiger partial charge in [-0.05, 0) is 29.8 Å². The number of hydrogen-bond acceptors (Lipinski definition) is 7. The van der Waals surface area contributed by atoms with Gasteiger partial charge in [-0.1, -0.05) is 11.3 Å². The Bertz CT molecular complexity index is 1100. The Balaban J connectivity index is 1.28. The van der Waals surface area contributed by atoms with E-state index in [2.05, 4.69) is 45.3 Å². The van der Waals surface area contributed by atoms with Crippen molar-refractivity contribution in [3.8, 4) is 0 Å². The molecule has 0 saturated carbocycles. The van der Waals surface area contributed by atoms with E-state index in [9.17, 15) is 4.39 Å². The molecule has 4 aliphatic heterocycles. The minimum absolute atomic E-state index is 0.0505. The van der Waals surface area contributed by atoms with Gasteiger partial charge in [0.05, 0.1) is 23.4 Å². The molecule has 30 heavy (non-hydrogen) atoms. The van der Waals surface area contributed by atoms with Crippen LogP contribution in [-0.4, -0.2) is 62.5 Å². The Labute approximate surface area is 178 Å². The molecule has 156 valence electrons. The van der Waals surface area contributed by atoms with E-state index in [0.29, 0.717) is 0 Å². The van der Waals surface area contributed by atoms with E-state index in [1.54, 1.807) is 17.4 Å². The van der Waals surface area contributed by atoms with Gasteiger partial charge in [-0.25, -0.2) is 9.37 Å². The predicted molar refractivity (Wildman–Crippen MR) is 118 cm³/mol. The standard InChI is InChI=1S/C22H24FN5OS/c1-26-19-4-5-28(13-17(19)16-10-14(23)12-24-21(16)26)15-2-3-18-20(11-15)30-22(25-18)27-6-8-29-9-7-27/h2-3,10-12,21,24H,4-9,13H2,1H3. The molecule has 1 unspecified atom stereocenters. The molecule has 4 aliphatic rings. The molecule has 0 amide bonds. The van der Waals surface area contributed by atoms with Gasteiger partial charge in [0.1, 0.15) is 12.0 Å². The van der Waals surface area contributed by atoms with Crippen LogP contribution < -0.4 is 15.1 Å². The van der Waals surface area contributed by atoms with Gasteiger partial charge in [-0.2, -0.15) is 0 Å². The maximum Gasteiger partial charge on any atom is 0.186 e. The summed E-state index contributed by atoms with van der Waals surface area (Å²) in [6, 6.07) is 6.55. The summed E-state index contributed by atoms with van der Waals surface area (Å²) >= 11 is 1.75. The number of rotatable bonds is 2. The summed E-state index contributed by atoms with van der Waals surface area (Å²) in [4.78, 5) is 11.8. The van der Waals surface area contributed by atoms with Gasteiger partial charge >= 0.3 is 0 Å². The molecule has 1 saturated heterocycles. The van der Waals surface area contributed by atoms with Crippen LogP contribution in [0.5, 0.6) is 0 Å². The van der Waals surface area contributed by atoms with E-state index in [4.69, 9.17) is 9.72 Å². The fourth-order valence-corrected chi connectivity index (χ4v) is 5.90. The summed E-state index contributed by atoms with van der Waals surface area (Å²) in [7, 11) is 2.09. The zero-order valence-corrected chi connectivity index (χ0v) is 17.7. The highest BCUT2D eigenvalue weighted by atomic mass is 32.1. The lowest BCUT2D eigenvalue weighted by Gasteiger charge is -2.31. The van der Waals surface area contributed by atoms with Crippen molar-refractivity contribution in [2.45, 2.75) is 12.6 Å². The van der Waals surface area contributed by atoms with E-state index in [1.165, 1.54) is 27.9 Å². The second-order valence-electron chi connectivity index (χ2n) is 8.15. The van der Waals surface area contributed by atoms with Crippen molar-refractivity contribution in [2.24, 2.45) is 0 Å². The number of allylic oxidation sites excluding steroid dienone is 2. The van der Waals surface area contributed by atoms with Crippen LogP contribution in [0.2, 0.25) is 0 Å². The number of benzene rings is 1. The lowest BCUT2D eigenvalue weighted by atomic mass is 9.99. The normalized spacial score (nSPS) is 23.9. The number of anilines is 2. The summed E-state index contributed by atoms with van der Waals surface area (Å²) in [5.74, 6) is -0.206. The highest BCUT2D eigenvalue weighted by Gasteiger charge is 2.37. The van der Waals surface area contributed by atoms with Gasteiger partial charge in [-0.3, -0.25) is 0 Å². The van der Waals surface area contributed by atoms with Crippen molar-refractivity contribution in [1.29, 1.82) is 0 Å². The average molecular weight is 426 g/mol. The first kappa shape index (κ1) is 18.2. The zero-order valence-electron chi connectivity index (χ0n) is 16.9. The quantitative estimate of drug-likeness (QED) is 0.797. The third-order valence-electron chi connectivity index (χ3n) is 6.45. The molecule has 0 spiro atoms. The number of nitrogens with zero attached hydrogens (tertiary/aromatic N) is 4. The molecule has 1 aromatic carbocycles. The Kier molecular flexibility index (Phi) is 4.24. The van der Waals surface area contributed by atoms with Crippen molar-refractivity contribution in [1.82, 2.24) is 15.2 Å². The lowest BCUT2D eigenvalue weighted by Crippen LogP contribution is -2.39. The van der Waals surface area contributed by atoms with Crippen molar-refractivity contribution in [3.63, 3.8) is 0 Å². The number of likely N-dealkylation sites (N-methyl/N-ethyl adjacent to an activating group) is 1. The first-order valence-electron chi connectivity index (χ1n) is 10.4. The maximum absolute atomic E-state index is 13.9. The molecular formula is C22H24FN5OS. The molecule has 0 radical (unpaired) electrons. The third-order valence-corrected chi connectivity index (χ3v) is 7.53. The van der Waals surface area contributed by atoms with Gasteiger partial charge in [-0.15, -0.1) is 0 Å². The minimum Gasteiger partial charge on any atom is -0.378 e. The number of fused-ring (bicyclic) bond motifs is 3. The molecule has 8 heteroatoms. The van der Waals surface area contributed by atoms with E-state index in [1.807, 2.05) is 0 Å². The van der Waals surface area contributed by atoms with Crippen LogP contribution in [0.3, 0.4) is 0 Å².